The molecule has 3 fully saturated rings. The average Bonchev–Trinajstić information content (AvgIpc) is 3.03. The lowest BCUT2D eigenvalue weighted by molar-refractivity contribution is 0.00301. The second-order valence-electron chi connectivity index (χ2n) is 11.2. The normalized spacial score (nSPS) is 37.4. The lowest BCUT2D eigenvalue weighted by atomic mass is 9.60. The van der Waals surface area contributed by atoms with Crippen molar-refractivity contribution in [1.29, 1.82) is 0 Å². The molecule has 2 N–H and O–H groups in total. The molecule has 0 radical (unpaired) electrons. The molecule has 1 unspecified atom stereocenters. The molecule has 0 amide bonds. The Morgan fingerprint density at radius 3 is 2.63 bits per heavy atom. The fourth-order valence-electron chi connectivity index (χ4n) is 6.57. The van der Waals surface area contributed by atoms with Crippen molar-refractivity contribution >= 4 is 0 Å². The molecule has 3 aliphatic carbocycles. The van der Waals surface area contributed by atoms with Gasteiger partial charge in [0.15, 0.2) is 0 Å². The van der Waals surface area contributed by atoms with Crippen molar-refractivity contribution in [3.05, 3.63) is 35.5 Å². The molecule has 3 rings (SSSR count). The van der Waals surface area contributed by atoms with Crippen molar-refractivity contribution < 1.29 is 14.6 Å². The van der Waals surface area contributed by atoms with Crippen LogP contribution in [-0.2, 0) is 0 Å². The summed E-state index contributed by atoms with van der Waals surface area (Å²) in [5.41, 5.74) is 2.76. The quantitative estimate of drug-likeness (QED) is 0.505. The van der Waals surface area contributed by atoms with Crippen molar-refractivity contribution in [3.8, 4) is 0 Å². The number of fused-ring (bicyclic) bond motifs is 1. The number of hydrogen-bond donors (Lipinski definition) is 2. The Bertz CT molecular complexity index is 685. The van der Waals surface area contributed by atoms with E-state index in [2.05, 4.69) is 32.6 Å². The van der Waals surface area contributed by atoms with E-state index in [0.29, 0.717) is 29.6 Å². The SMILES string of the molecule is C=C1CC[C@H](O)C/C1=C/C=C1CCC[C@@]2(C)C1CC[C@@H]2[C@H](C)CC[C@@H](O)C(C)(C)F. The fourth-order valence-corrected chi connectivity index (χ4v) is 6.57. The maximum atomic E-state index is 14.0. The summed E-state index contributed by atoms with van der Waals surface area (Å²) in [7, 11) is 0. The predicted molar refractivity (Wildman–Crippen MR) is 123 cm³/mol. The molecule has 3 heteroatoms. The van der Waals surface area contributed by atoms with Crippen molar-refractivity contribution in [2.75, 3.05) is 0 Å². The molecule has 170 valence electrons. The van der Waals surface area contributed by atoms with Crippen molar-refractivity contribution in [1.82, 2.24) is 0 Å². The van der Waals surface area contributed by atoms with Crippen LogP contribution in [0.2, 0.25) is 0 Å². The highest BCUT2D eigenvalue weighted by atomic mass is 19.1. The smallest absolute Gasteiger partial charge is 0.131 e. The van der Waals surface area contributed by atoms with Crippen LogP contribution in [0.4, 0.5) is 4.39 Å². The van der Waals surface area contributed by atoms with Gasteiger partial charge in [0, 0.05) is 0 Å². The molecule has 0 heterocycles. The summed E-state index contributed by atoms with van der Waals surface area (Å²) in [5.74, 6) is 1.77. The van der Waals surface area contributed by atoms with Gasteiger partial charge in [0.2, 0.25) is 0 Å². The molecule has 0 aromatic rings. The zero-order valence-corrected chi connectivity index (χ0v) is 19.6. The number of aliphatic hydroxyl groups excluding tert-OH is 2. The summed E-state index contributed by atoms with van der Waals surface area (Å²) in [6, 6.07) is 0. The summed E-state index contributed by atoms with van der Waals surface area (Å²) in [6.45, 7) is 11.9. The Kier molecular flexibility index (Phi) is 7.34. The molecule has 3 aliphatic rings. The Balaban J connectivity index is 1.69. The number of alkyl halides is 1. The third kappa shape index (κ3) is 5.10. The molecule has 6 atom stereocenters. The Hall–Kier alpha value is -0.930. The van der Waals surface area contributed by atoms with Gasteiger partial charge in [-0.1, -0.05) is 43.7 Å². The highest BCUT2D eigenvalue weighted by molar-refractivity contribution is 5.36. The number of hydrogen-bond acceptors (Lipinski definition) is 2. The standard InChI is InChI=1S/C27H43FO2/c1-18-8-12-22(29)17-21(18)11-10-20-7-6-16-27(5)23(13-14-24(20)27)19(2)9-15-25(30)26(3,4)28/h10-11,19,22-25,29-30H,1,6-9,12-17H2,2-5H3/b20-10?,21-11-/t19-,22+,23-,24?,25-,27-/m1/s1. The minimum Gasteiger partial charge on any atom is -0.393 e. The van der Waals surface area contributed by atoms with E-state index in [1.807, 2.05) is 0 Å². The second-order valence-corrected chi connectivity index (χ2v) is 11.2. The van der Waals surface area contributed by atoms with E-state index in [9.17, 15) is 14.6 Å². The van der Waals surface area contributed by atoms with Gasteiger partial charge in [-0.25, -0.2) is 4.39 Å². The monoisotopic (exact) mass is 418 g/mol. The third-order valence-corrected chi connectivity index (χ3v) is 8.60. The first kappa shape index (κ1) is 23.7. The van der Waals surface area contributed by atoms with Gasteiger partial charge in [-0.05, 0) is 107 Å². The summed E-state index contributed by atoms with van der Waals surface area (Å²) in [5, 5.41) is 20.2. The van der Waals surface area contributed by atoms with Crippen LogP contribution in [0.25, 0.3) is 0 Å². The van der Waals surface area contributed by atoms with Crippen LogP contribution in [-0.4, -0.2) is 28.1 Å². The van der Waals surface area contributed by atoms with Crippen LogP contribution in [0.1, 0.15) is 91.9 Å². The van der Waals surface area contributed by atoms with Gasteiger partial charge < -0.3 is 10.2 Å². The van der Waals surface area contributed by atoms with Crippen LogP contribution >= 0.6 is 0 Å². The van der Waals surface area contributed by atoms with E-state index in [1.165, 1.54) is 57.1 Å². The first-order valence-electron chi connectivity index (χ1n) is 12.1. The highest BCUT2D eigenvalue weighted by Gasteiger charge is 2.50. The largest absolute Gasteiger partial charge is 0.393 e. The minimum atomic E-state index is -1.52. The maximum Gasteiger partial charge on any atom is 0.131 e. The first-order valence-corrected chi connectivity index (χ1v) is 12.1. The lowest BCUT2D eigenvalue weighted by Gasteiger charge is -2.44. The summed E-state index contributed by atoms with van der Waals surface area (Å²) < 4.78 is 14.0. The van der Waals surface area contributed by atoms with Gasteiger partial charge in [0.25, 0.3) is 0 Å². The van der Waals surface area contributed by atoms with Gasteiger partial charge in [0.1, 0.15) is 5.67 Å². The van der Waals surface area contributed by atoms with Crippen LogP contribution in [0.3, 0.4) is 0 Å². The van der Waals surface area contributed by atoms with Gasteiger partial charge in [-0.15, -0.1) is 0 Å². The van der Waals surface area contributed by atoms with E-state index in [-0.39, 0.29) is 6.10 Å². The Morgan fingerprint density at radius 2 is 1.93 bits per heavy atom. The van der Waals surface area contributed by atoms with Gasteiger partial charge in [-0.3, -0.25) is 0 Å². The van der Waals surface area contributed by atoms with Crippen LogP contribution in [0.5, 0.6) is 0 Å². The Labute approximate surface area is 183 Å². The van der Waals surface area contributed by atoms with E-state index in [1.54, 1.807) is 5.57 Å². The molecule has 0 aliphatic heterocycles. The topological polar surface area (TPSA) is 40.5 Å². The highest BCUT2D eigenvalue weighted by Crippen LogP contribution is 2.60. The fraction of sp³-hybridized carbons (Fsp3) is 0.778. The molecule has 2 nitrogen and oxygen atoms in total. The number of halogens is 1. The van der Waals surface area contributed by atoms with E-state index >= 15 is 0 Å². The van der Waals surface area contributed by atoms with Gasteiger partial charge in [-0.2, -0.15) is 0 Å². The molecule has 3 saturated carbocycles. The first-order chi connectivity index (χ1) is 14.0. The molecule has 0 aromatic heterocycles. The van der Waals surface area contributed by atoms with Gasteiger partial charge >= 0.3 is 0 Å². The molecule has 0 saturated heterocycles. The molecule has 0 bridgehead atoms. The molecular formula is C27H43FO2. The van der Waals surface area contributed by atoms with Crippen molar-refractivity contribution in [2.24, 2.45) is 23.2 Å². The average molecular weight is 419 g/mol. The van der Waals surface area contributed by atoms with Crippen LogP contribution < -0.4 is 0 Å². The maximum absolute atomic E-state index is 14.0. The molecular weight excluding hydrogens is 375 g/mol. The number of rotatable bonds is 6. The Morgan fingerprint density at radius 1 is 1.20 bits per heavy atom. The third-order valence-electron chi connectivity index (χ3n) is 8.60. The summed E-state index contributed by atoms with van der Waals surface area (Å²) in [6.07, 6.45) is 13.5. The van der Waals surface area contributed by atoms with Crippen molar-refractivity contribution in [2.45, 2.75) is 110 Å². The zero-order chi connectivity index (χ0) is 22.1. The van der Waals surface area contributed by atoms with Crippen LogP contribution in [0, 0.1) is 23.2 Å². The predicted octanol–water partition coefficient (Wildman–Crippen LogP) is 6.68. The zero-order valence-electron chi connectivity index (χ0n) is 19.6. The van der Waals surface area contributed by atoms with E-state index < -0.39 is 11.8 Å². The van der Waals surface area contributed by atoms with Crippen LogP contribution in [0.15, 0.2) is 35.5 Å². The lowest BCUT2D eigenvalue weighted by Crippen LogP contribution is -2.37. The van der Waals surface area contributed by atoms with Crippen molar-refractivity contribution in [3.63, 3.8) is 0 Å². The number of allylic oxidation sites excluding steroid dienone is 4. The summed E-state index contributed by atoms with van der Waals surface area (Å²) >= 11 is 0. The molecule has 0 aromatic carbocycles. The number of aliphatic hydroxyl groups is 2. The second kappa shape index (κ2) is 9.28. The van der Waals surface area contributed by atoms with Gasteiger partial charge in [0.05, 0.1) is 12.2 Å². The van der Waals surface area contributed by atoms with E-state index in [4.69, 9.17) is 0 Å². The minimum absolute atomic E-state index is 0.224. The molecule has 30 heavy (non-hydrogen) atoms. The molecule has 0 spiro atoms. The summed E-state index contributed by atoms with van der Waals surface area (Å²) in [4.78, 5) is 0. The van der Waals surface area contributed by atoms with E-state index in [0.717, 1.165) is 25.7 Å².